The molecule has 1 aliphatic heterocycles. The van der Waals surface area contributed by atoms with Crippen LogP contribution in [0.15, 0.2) is 47.4 Å². The monoisotopic (exact) mass is 371 g/mol. The molecule has 0 radical (unpaired) electrons. The van der Waals surface area contributed by atoms with Gasteiger partial charge in [-0.25, -0.2) is 12.8 Å². The highest BCUT2D eigenvalue weighted by Gasteiger charge is 2.29. The molecule has 24 heavy (non-hydrogen) atoms. The zero-order valence-electron chi connectivity index (χ0n) is 12.8. The van der Waals surface area contributed by atoms with Crippen LogP contribution in [0.2, 0.25) is 5.02 Å². The van der Waals surface area contributed by atoms with Crippen molar-refractivity contribution in [3.05, 3.63) is 53.3 Å². The van der Waals surface area contributed by atoms with Crippen LogP contribution in [0.3, 0.4) is 0 Å². The molecule has 0 saturated carbocycles. The van der Waals surface area contributed by atoms with Crippen LogP contribution in [0.5, 0.6) is 11.5 Å². The summed E-state index contributed by atoms with van der Waals surface area (Å²) in [5.74, 6) is 0.599. The quantitative estimate of drug-likeness (QED) is 0.829. The highest BCUT2D eigenvalue weighted by molar-refractivity contribution is 7.89. The normalized spacial score (nSPS) is 17.1. The lowest BCUT2D eigenvalue weighted by Gasteiger charge is -2.29. The molecule has 3 rings (SSSR count). The van der Waals surface area contributed by atoms with Crippen LogP contribution >= 0.6 is 11.6 Å². The molecule has 8 heteroatoms. The van der Waals surface area contributed by atoms with Crippen LogP contribution in [0.4, 0.5) is 4.39 Å². The van der Waals surface area contributed by atoms with Gasteiger partial charge in [-0.1, -0.05) is 23.7 Å². The number of fused-ring (bicyclic) bond motifs is 1. The number of sulfonamides is 1. The largest absolute Gasteiger partial charge is 0.486 e. The number of hydrogen-bond donors (Lipinski definition) is 0. The average molecular weight is 372 g/mol. The van der Waals surface area contributed by atoms with E-state index in [-0.39, 0.29) is 23.1 Å². The molecule has 0 spiro atoms. The smallest absolute Gasteiger partial charge is 0.244 e. The number of hydrogen-bond acceptors (Lipinski definition) is 4. The number of benzene rings is 2. The van der Waals surface area contributed by atoms with E-state index in [2.05, 4.69) is 0 Å². The summed E-state index contributed by atoms with van der Waals surface area (Å²) >= 11 is 5.87. The molecule has 0 aromatic heterocycles. The van der Waals surface area contributed by atoms with Gasteiger partial charge in [-0.2, -0.15) is 4.31 Å². The van der Waals surface area contributed by atoms with Gasteiger partial charge in [-0.15, -0.1) is 0 Å². The van der Waals surface area contributed by atoms with Crippen molar-refractivity contribution in [3.63, 3.8) is 0 Å². The standard InChI is InChI=1S/C16H15ClFNO4S/c1-19(24(20,21)16-7-6-11(18)8-13(16)17)9-12-10-22-14-4-2-3-5-15(14)23-12/h2-8,12H,9-10H2,1H3. The van der Waals surface area contributed by atoms with Crippen LogP contribution in [0.25, 0.3) is 0 Å². The van der Waals surface area contributed by atoms with E-state index in [4.69, 9.17) is 21.1 Å². The summed E-state index contributed by atoms with van der Waals surface area (Å²) in [6.07, 6.45) is -0.459. The molecule has 0 fully saturated rings. The maximum atomic E-state index is 13.1. The number of nitrogens with zero attached hydrogens (tertiary/aromatic N) is 1. The van der Waals surface area contributed by atoms with Crippen LogP contribution in [-0.4, -0.2) is 39.0 Å². The molecular weight excluding hydrogens is 357 g/mol. The summed E-state index contributed by atoms with van der Waals surface area (Å²) in [7, 11) is -2.45. The zero-order valence-corrected chi connectivity index (χ0v) is 14.3. The van der Waals surface area contributed by atoms with E-state index < -0.39 is 21.9 Å². The molecule has 0 aliphatic carbocycles. The van der Waals surface area contributed by atoms with Gasteiger partial charge in [0.25, 0.3) is 0 Å². The maximum absolute atomic E-state index is 13.1. The molecule has 0 amide bonds. The van der Waals surface area contributed by atoms with Crippen molar-refractivity contribution in [1.82, 2.24) is 4.31 Å². The van der Waals surface area contributed by atoms with Crippen LogP contribution in [0.1, 0.15) is 0 Å². The fourth-order valence-electron chi connectivity index (χ4n) is 2.39. The number of ether oxygens (including phenoxy) is 2. The highest BCUT2D eigenvalue weighted by atomic mass is 35.5. The second kappa shape index (κ2) is 6.58. The van der Waals surface area contributed by atoms with Gasteiger partial charge in [0.05, 0.1) is 11.6 Å². The first-order chi connectivity index (χ1) is 11.4. The minimum Gasteiger partial charge on any atom is -0.486 e. The first-order valence-electron chi connectivity index (χ1n) is 7.18. The van der Waals surface area contributed by atoms with E-state index in [0.29, 0.717) is 11.5 Å². The predicted molar refractivity (Wildman–Crippen MR) is 87.6 cm³/mol. The van der Waals surface area contributed by atoms with Gasteiger partial charge in [0, 0.05) is 7.05 Å². The summed E-state index contributed by atoms with van der Waals surface area (Å²) in [5.41, 5.74) is 0. The fraction of sp³-hybridized carbons (Fsp3) is 0.250. The summed E-state index contributed by atoms with van der Waals surface area (Å²) in [4.78, 5) is -0.148. The van der Waals surface area contributed by atoms with Gasteiger partial charge in [-0.3, -0.25) is 0 Å². The lowest BCUT2D eigenvalue weighted by Crippen LogP contribution is -2.41. The van der Waals surface area contributed by atoms with Crippen molar-refractivity contribution in [2.45, 2.75) is 11.0 Å². The SMILES string of the molecule is CN(CC1COc2ccccc2O1)S(=O)(=O)c1ccc(F)cc1Cl. The van der Waals surface area contributed by atoms with Gasteiger partial charge >= 0.3 is 0 Å². The van der Waals surface area contributed by atoms with E-state index in [0.717, 1.165) is 22.5 Å². The highest BCUT2D eigenvalue weighted by Crippen LogP contribution is 2.31. The predicted octanol–water partition coefficient (Wildman–Crippen LogP) is 2.94. The van der Waals surface area contributed by atoms with Crippen molar-refractivity contribution < 1.29 is 22.3 Å². The molecule has 0 saturated heterocycles. The van der Waals surface area contributed by atoms with E-state index in [1.807, 2.05) is 12.1 Å². The third kappa shape index (κ3) is 3.33. The molecule has 1 atom stereocenters. The van der Waals surface area contributed by atoms with Crippen molar-refractivity contribution >= 4 is 21.6 Å². The van der Waals surface area contributed by atoms with Crippen molar-refractivity contribution in [2.75, 3.05) is 20.2 Å². The Balaban J connectivity index is 1.76. The van der Waals surface area contributed by atoms with E-state index in [9.17, 15) is 12.8 Å². The van der Waals surface area contributed by atoms with Crippen LogP contribution in [-0.2, 0) is 10.0 Å². The zero-order chi connectivity index (χ0) is 17.3. The Morgan fingerprint density at radius 2 is 1.96 bits per heavy atom. The second-order valence-electron chi connectivity index (χ2n) is 5.36. The molecule has 128 valence electrons. The Morgan fingerprint density at radius 1 is 1.25 bits per heavy atom. The Morgan fingerprint density at radius 3 is 2.67 bits per heavy atom. The minimum absolute atomic E-state index is 0.0738. The van der Waals surface area contributed by atoms with Crippen LogP contribution < -0.4 is 9.47 Å². The summed E-state index contributed by atoms with van der Waals surface area (Å²) in [6, 6.07) is 10.4. The van der Waals surface area contributed by atoms with E-state index >= 15 is 0 Å². The Kier molecular flexibility index (Phi) is 4.67. The molecule has 0 bridgehead atoms. The molecular formula is C16H15ClFNO4S. The van der Waals surface area contributed by atoms with Gasteiger partial charge in [0.15, 0.2) is 11.5 Å². The number of halogens is 2. The topological polar surface area (TPSA) is 55.8 Å². The Labute approximate surface area is 144 Å². The molecule has 1 unspecified atom stereocenters. The Hall–Kier alpha value is -1.83. The molecule has 1 aliphatic rings. The fourth-order valence-corrected chi connectivity index (χ4v) is 4.09. The van der Waals surface area contributed by atoms with Gasteiger partial charge in [-0.05, 0) is 30.3 Å². The Bertz CT molecular complexity index is 859. The molecule has 5 nitrogen and oxygen atoms in total. The summed E-state index contributed by atoms with van der Waals surface area (Å²) in [5, 5.41) is -0.159. The van der Waals surface area contributed by atoms with Crippen molar-refractivity contribution in [2.24, 2.45) is 0 Å². The van der Waals surface area contributed by atoms with Crippen molar-refractivity contribution in [1.29, 1.82) is 0 Å². The first-order valence-corrected chi connectivity index (χ1v) is 8.99. The first kappa shape index (κ1) is 17.0. The van der Waals surface area contributed by atoms with Crippen LogP contribution in [0, 0.1) is 5.82 Å². The average Bonchev–Trinajstić information content (AvgIpc) is 2.54. The van der Waals surface area contributed by atoms with Gasteiger partial charge in [0.1, 0.15) is 23.4 Å². The van der Waals surface area contributed by atoms with Crippen molar-refractivity contribution in [3.8, 4) is 11.5 Å². The lowest BCUT2D eigenvalue weighted by atomic mass is 10.2. The molecule has 2 aromatic rings. The summed E-state index contributed by atoms with van der Waals surface area (Å²) < 4.78 is 50.8. The second-order valence-corrected chi connectivity index (χ2v) is 7.78. The summed E-state index contributed by atoms with van der Waals surface area (Å²) in [6.45, 7) is 0.304. The third-order valence-corrected chi connectivity index (χ3v) is 5.92. The lowest BCUT2D eigenvalue weighted by molar-refractivity contribution is 0.0798. The molecule has 1 heterocycles. The third-order valence-electron chi connectivity index (χ3n) is 3.61. The molecule has 2 aromatic carbocycles. The maximum Gasteiger partial charge on any atom is 0.244 e. The number of likely N-dealkylation sites (N-methyl/N-ethyl adjacent to an activating group) is 1. The number of para-hydroxylation sites is 2. The number of rotatable bonds is 4. The van der Waals surface area contributed by atoms with Gasteiger partial charge < -0.3 is 9.47 Å². The minimum atomic E-state index is -3.86. The van der Waals surface area contributed by atoms with E-state index in [1.165, 1.54) is 7.05 Å². The van der Waals surface area contributed by atoms with Gasteiger partial charge in [0.2, 0.25) is 10.0 Å². The molecule has 0 N–H and O–H groups in total. The van der Waals surface area contributed by atoms with E-state index in [1.54, 1.807) is 12.1 Å².